The molecule has 2 aromatic carbocycles. The number of rotatable bonds is 3. The molecule has 138 valence electrons. The van der Waals surface area contributed by atoms with E-state index in [0.717, 1.165) is 51.2 Å². The normalized spacial score (nSPS) is 12.0. The molecule has 0 unspecified atom stereocenters. The van der Waals surface area contributed by atoms with Gasteiger partial charge in [-0.3, -0.25) is 0 Å². The lowest BCUT2D eigenvalue weighted by Crippen LogP contribution is -2.05. The number of hydrogen-bond donors (Lipinski definition) is 0. The Hall–Kier alpha value is -3.02. The molecule has 0 spiro atoms. The summed E-state index contributed by atoms with van der Waals surface area (Å²) < 4.78 is 45.5. The smallest absolute Gasteiger partial charge is 0.361 e. The largest absolute Gasteiger partial charge is 0.416 e. The quantitative estimate of drug-likeness (QED) is 0.444. The third-order valence-electron chi connectivity index (χ3n) is 4.73. The summed E-state index contributed by atoms with van der Waals surface area (Å²) in [6.45, 7) is 4.27. The second-order valence-corrected chi connectivity index (χ2v) is 6.61. The van der Waals surface area contributed by atoms with Crippen LogP contribution in [0.4, 0.5) is 13.2 Å². The third kappa shape index (κ3) is 3.23. The van der Waals surface area contributed by atoms with Crippen molar-refractivity contribution in [1.29, 1.82) is 0 Å². The molecule has 0 saturated carbocycles. The summed E-state index contributed by atoms with van der Waals surface area (Å²) >= 11 is 0. The number of nitrogens with zero attached hydrogens (tertiary/aromatic N) is 2. The SMILES string of the molecule is Cc1noc(C)c1-c1ccc2ccn(Cc3ccc(C(F)(F)F)cc3)c2c1. The summed E-state index contributed by atoms with van der Waals surface area (Å²) in [7, 11) is 0. The number of alkyl halides is 3. The van der Waals surface area contributed by atoms with Gasteiger partial charge in [0.05, 0.1) is 11.3 Å². The zero-order valence-electron chi connectivity index (χ0n) is 14.8. The first-order valence-electron chi connectivity index (χ1n) is 8.51. The molecule has 0 aliphatic carbocycles. The molecule has 3 nitrogen and oxygen atoms in total. The van der Waals surface area contributed by atoms with E-state index in [1.165, 1.54) is 12.1 Å². The van der Waals surface area contributed by atoms with Crippen molar-refractivity contribution in [2.24, 2.45) is 0 Å². The van der Waals surface area contributed by atoms with Crippen LogP contribution in [0.15, 0.2) is 59.3 Å². The predicted molar refractivity (Wildman–Crippen MR) is 97.5 cm³/mol. The first-order valence-corrected chi connectivity index (χ1v) is 8.51. The van der Waals surface area contributed by atoms with Crippen LogP contribution in [-0.4, -0.2) is 9.72 Å². The highest BCUT2D eigenvalue weighted by atomic mass is 19.4. The predicted octanol–water partition coefficient (Wildman–Crippen LogP) is 5.98. The van der Waals surface area contributed by atoms with Gasteiger partial charge in [-0.15, -0.1) is 0 Å². The Morgan fingerprint density at radius 2 is 1.74 bits per heavy atom. The standard InChI is InChI=1S/C21H17F3N2O/c1-13-20(14(2)27-25-13)17-6-5-16-9-10-26(19(16)11-17)12-15-3-7-18(8-4-15)21(22,23)24/h3-11H,12H2,1-2H3. The fourth-order valence-corrected chi connectivity index (χ4v) is 3.37. The Labute approximate surface area is 154 Å². The van der Waals surface area contributed by atoms with E-state index in [1.54, 1.807) is 0 Å². The molecule has 0 atom stereocenters. The summed E-state index contributed by atoms with van der Waals surface area (Å²) in [4.78, 5) is 0. The lowest BCUT2D eigenvalue weighted by molar-refractivity contribution is -0.137. The van der Waals surface area contributed by atoms with E-state index in [0.29, 0.717) is 6.54 Å². The van der Waals surface area contributed by atoms with Crippen LogP contribution < -0.4 is 0 Å². The van der Waals surface area contributed by atoms with Gasteiger partial charge in [0.1, 0.15) is 5.76 Å². The fraction of sp³-hybridized carbons (Fsp3) is 0.190. The topological polar surface area (TPSA) is 31.0 Å². The highest BCUT2D eigenvalue weighted by Gasteiger charge is 2.29. The minimum atomic E-state index is -4.32. The van der Waals surface area contributed by atoms with Gasteiger partial charge in [-0.1, -0.05) is 29.4 Å². The highest BCUT2D eigenvalue weighted by molar-refractivity contribution is 5.86. The second kappa shape index (κ2) is 6.30. The highest BCUT2D eigenvalue weighted by Crippen LogP contribution is 2.31. The van der Waals surface area contributed by atoms with E-state index >= 15 is 0 Å². The van der Waals surface area contributed by atoms with Crippen molar-refractivity contribution in [3.05, 3.63) is 77.3 Å². The van der Waals surface area contributed by atoms with Gasteiger partial charge in [0.25, 0.3) is 0 Å². The van der Waals surface area contributed by atoms with Crippen LogP contribution in [0.5, 0.6) is 0 Å². The van der Waals surface area contributed by atoms with Crippen molar-refractivity contribution >= 4 is 10.9 Å². The second-order valence-electron chi connectivity index (χ2n) is 6.61. The lowest BCUT2D eigenvalue weighted by Gasteiger charge is -2.10. The average molecular weight is 370 g/mol. The van der Waals surface area contributed by atoms with Gasteiger partial charge in [0, 0.05) is 23.8 Å². The first kappa shape index (κ1) is 17.4. The van der Waals surface area contributed by atoms with Crippen molar-refractivity contribution in [3.63, 3.8) is 0 Å². The van der Waals surface area contributed by atoms with Crippen molar-refractivity contribution < 1.29 is 17.7 Å². The Morgan fingerprint density at radius 1 is 1.00 bits per heavy atom. The van der Waals surface area contributed by atoms with E-state index in [4.69, 9.17) is 4.52 Å². The van der Waals surface area contributed by atoms with Crippen molar-refractivity contribution in [3.8, 4) is 11.1 Å². The number of benzene rings is 2. The van der Waals surface area contributed by atoms with Gasteiger partial charge in [0.2, 0.25) is 0 Å². The summed E-state index contributed by atoms with van der Waals surface area (Å²) in [5, 5.41) is 5.07. The minimum Gasteiger partial charge on any atom is -0.361 e. The molecule has 0 aliphatic rings. The summed E-state index contributed by atoms with van der Waals surface area (Å²) in [6, 6.07) is 13.4. The molecular formula is C21H17F3N2O. The van der Waals surface area contributed by atoms with Crippen LogP contribution in [0, 0.1) is 13.8 Å². The van der Waals surface area contributed by atoms with Crippen LogP contribution in [0.25, 0.3) is 22.0 Å². The van der Waals surface area contributed by atoms with E-state index in [-0.39, 0.29) is 0 Å². The van der Waals surface area contributed by atoms with Gasteiger partial charge in [-0.2, -0.15) is 13.2 Å². The van der Waals surface area contributed by atoms with E-state index < -0.39 is 11.7 Å². The van der Waals surface area contributed by atoms with Gasteiger partial charge >= 0.3 is 6.18 Å². The molecule has 4 aromatic rings. The number of hydrogen-bond acceptors (Lipinski definition) is 2. The molecule has 0 bridgehead atoms. The zero-order chi connectivity index (χ0) is 19.2. The van der Waals surface area contributed by atoms with Crippen molar-refractivity contribution in [2.45, 2.75) is 26.6 Å². The summed E-state index contributed by atoms with van der Waals surface area (Å²) in [5.74, 6) is 0.757. The van der Waals surface area contributed by atoms with Gasteiger partial charge in [0.15, 0.2) is 0 Å². The molecule has 0 amide bonds. The number of aromatic nitrogens is 2. The van der Waals surface area contributed by atoms with Crippen LogP contribution in [-0.2, 0) is 12.7 Å². The lowest BCUT2D eigenvalue weighted by atomic mass is 10.0. The number of halogens is 3. The Kier molecular flexibility index (Phi) is 4.06. The fourth-order valence-electron chi connectivity index (χ4n) is 3.37. The number of aryl methyl sites for hydroxylation is 2. The maximum Gasteiger partial charge on any atom is 0.416 e. The molecule has 0 aliphatic heterocycles. The molecule has 4 rings (SSSR count). The monoisotopic (exact) mass is 370 g/mol. The Balaban J connectivity index is 1.69. The van der Waals surface area contributed by atoms with Crippen LogP contribution in [0.2, 0.25) is 0 Å². The molecule has 2 heterocycles. The van der Waals surface area contributed by atoms with E-state index in [2.05, 4.69) is 11.2 Å². The maximum atomic E-state index is 12.7. The first-order chi connectivity index (χ1) is 12.8. The zero-order valence-corrected chi connectivity index (χ0v) is 14.8. The van der Waals surface area contributed by atoms with Gasteiger partial charge in [-0.05, 0) is 54.6 Å². The van der Waals surface area contributed by atoms with Gasteiger partial charge < -0.3 is 9.09 Å². The van der Waals surface area contributed by atoms with E-state index in [1.807, 2.05) is 42.8 Å². The molecule has 0 radical (unpaired) electrons. The molecule has 0 N–H and O–H groups in total. The van der Waals surface area contributed by atoms with Crippen LogP contribution in [0.1, 0.15) is 22.6 Å². The molecule has 27 heavy (non-hydrogen) atoms. The Bertz CT molecular complexity index is 1090. The summed E-state index contributed by atoms with van der Waals surface area (Å²) in [5.41, 5.74) is 3.98. The van der Waals surface area contributed by atoms with Gasteiger partial charge in [-0.25, -0.2) is 0 Å². The van der Waals surface area contributed by atoms with Crippen LogP contribution >= 0.6 is 0 Å². The number of fused-ring (bicyclic) bond motifs is 1. The third-order valence-corrected chi connectivity index (χ3v) is 4.73. The molecule has 0 saturated heterocycles. The minimum absolute atomic E-state index is 0.493. The van der Waals surface area contributed by atoms with Crippen molar-refractivity contribution in [2.75, 3.05) is 0 Å². The van der Waals surface area contributed by atoms with E-state index in [9.17, 15) is 13.2 Å². The molecule has 6 heteroatoms. The molecular weight excluding hydrogens is 353 g/mol. The average Bonchev–Trinajstić information content (AvgIpc) is 3.17. The van der Waals surface area contributed by atoms with Crippen molar-refractivity contribution in [1.82, 2.24) is 9.72 Å². The summed E-state index contributed by atoms with van der Waals surface area (Å²) in [6.07, 6.45) is -2.37. The maximum absolute atomic E-state index is 12.7. The van der Waals surface area contributed by atoms with Crippen LogP contribution in [0.3, 0.4) is 0 Å². The molecule has 0 fully saturated rings. The Morgan fingerprint density at radius 3 is 2.37 bits per heavy atom. The molecule has 2 aromatic heterocycles.